The number of carbonyl (C=O) groups excluding carboxylic acids is 2. The van der Waals surface area contributed by atoms with Gasteiger partial charge in [-0.3, -0.25) is 9.59 Å². The average molecular weight is 328 g/mol. The fourth-order valence-electron chi connectivity index (χ4n) is 2.38. The first-order valence-electron chi connectivity index (χ1n) is 7.12. The molecule has 1 aromatic heterocycles. The van der Waals surface area contributed by atoms with Crippen molar-refractivity contribution in [3.05, 3.63) is 70.4 Å². The fraction of sp³-hybridized carbons (Fsp3) is 0.111. The molecule has 1 heterocycles. The summed E-state index contributed by atoms with van der Waals surface area (Å²) in [5.74, 6) is -0.0954. The van der Waals surface area contributed by atoms with Crippen molar-refractivity contribution in [3.8, 4) is 0 Å². The molecule has 1 atom stereocenters. The van der Waals surface area contributed by atoms with Crippen LogP contribution in [0.5, 0.6) is 0 Å². The van der Waals surface area contributed by atoms with Gasteiger partial charge in [0.05, 0.1) is 6.04 Å². The van der Waals surface area contributed by atoms with Crippen molar-refractivity contribution in [2.45, 2.75) is 13.0 Å². The van der Waals surface area contributed by atoms with Gasteiger partial charge in [0.15, 0.2) is 5.76 Å². The van der Waals surface area contributed by atoms with E-state index in [0.717, 1.165) is 17.2 Å². The number of rotatable bonds is 4. The standard InChI is InChI=1S/C18H14ClNO3/c1-11(13-4-2-3-12(7-13)10-21)20-18(22)17-9-14-8-15(19)5-6-16(14)23-17/h2-11H,1H3,(H,20,22). The highest BCUT2D eigenvalue weighted by Crippen LogP contribution is 2.23. The van der Waals surface area contributed by atoms with Crippen molar-refractivity contribution >= 4 is 34.8 Å². The summed E-state index contributed by atoms with van der Waals surface area (Å²) in [6.45, 7) is 1.85. The van der Waals surface area contributed by atoms with Crippen LogP contribution in [0.3, 0.4) is 0 Å². The quantitative estimate of drug-likeness (QED) is 0.723. The van der Waals surface area contributed by atoms with Crippen LogP contribution in [0.15, 0.2) is 52.9 Å². The first-order chi connectivity index (χ1) is 11.1. The summed E-state index contributed by atoms with van der Waals surface area (Å²) in [5.41, 5.74) is 2.03. The monoisotopic (exact) mass is 327 g/mol. The molecule has 5 heteroatoms. The fourth-order valence-corrected chi connectivity index (χ4v) is 2.56. The molecule has 0 aliphatic heterocycles. The lowest BCUT2D eigenvalue weighted by Gasteiger charge is -2.13. The van der Waals surface area contributed by atoms with Gasteiger partial charge in [0.25, 0.3) is 5.91 Å². The van der Waals surface area contributed by atoms with Crippen molar-refractivity contribution in [3.63, 3.8) is 0 Å². The topological polar surface area (TPSA) is 59.3 Å². The largest absolute Gasteiger partial charge is 0.451 e. The highest BCUT2D eigenvalue weighted by atomic mass is 35.5. The molecule has 0 saturated carbocycles. The van der Waals surface area contributed by atoms with Gasteiger partial charge in [0.1, 0.15) is 11.9 Å². The lowest BCUT2D eigenvalue weighted by molar-refractivity contribution is 0.0914. The number of nitrogens with one attached hydrogen (secondary N) is 1. The third-order valence-corrected chi connectivity index (χ3v) is 3.83. The Morgan fingerprint density at radius 3 is 2.83 bits per heavy atom. The Hall–Kier alpha value is -2.59. The molecule has 1 amide bonds. The van der Waals surface area contributed by atoms with Gasteiger partial charge in [-0.05, 0) is 42.8 Å². The van der Waals surface area contributed by atoms with Crippen LogP contribution < -0.4 is 5.32 Å². The molecule has 116 valence electrons. The second-order valence-corrected chi connectivity index (χ2v) is 5.71. The van der Waals surface area contributed by atoms with E-state index in [0.29, 0.717) is 16.2 Å². The van der Waals surface area contributed by atoms with Crippen LogP contribution in [0.2, 0.25) is 5.02 Å². The smallest absolute Gasteiger partial charge is 0.287 e. The first-order valence-corrected chi connectivity index (χ1v) is 7.50. The summed E-state index contributed by atoms with van der Waals surface area (Å²) in [4.78, 5) is 23.2. The lowest BCUT2D eigenvalue weighted by Crippen LogP contribution is -2.26. The Bertz CT molecular complexity index is 885. The van der Waals surface area contributed by atoms with Gasteiger partial charge < -0.3 is 9.73 Å². The van der Waals surface area contributed by atoms with E-state index in [1.54, 1.807) is 42.5 Å². The van der Waals surface area contributed by atoms with Crippen molar-refractivity contribution in [2.24, 2.45) is 0 Å². The van der Waals surface area contributed by atoms with Gasteiger partial charge in [-0.2, -0.15) is 0 Å². The van der Waals surface area contributed by atoms with Gasteiger partial charge in [0, 0.05) is 16.0 Å². The zero-order valence-corrected chi connectivity index (χ0v) is 13.1. The van der Waals surface area contributed by atoms with Gasteiger partial charge >= 0.3 is 0 Å². The number of furan rings is 1. The molecule has 0 spiro atoms. The molecule has 3 rings (SSSR count). The predicted molar refractivity (Wildman–Crippen MR) is 88.9 cm³/mol. The molecule has 3 aromatic rings. The normalized spacial score (nSPS) is 12.1. The van der Waals surface area contributed by atoms with E-state index in [4.69, 9.17) is 16.0 Å². The summed E-state index contributed by atoms with van der Waals surface area (Å²) in [7, 11) is 0. The lowest BCUT2D eigenvalue weighted by atomic mass is 10.1. The number of hydrogen-bond acceptors (Lipinski definition) is 3. The zero-order valence-electron chi connectivity index (χ0n) is 12.4. The zero-order chi connectivity index (χ0) is 16.4. The molecule has 0 aliphatic rings. The summed E-state index contributed by atoms with van der Waals surface area (Å²) in [6.07, 6.45) is 0.779. The number of benzene rings is 2. The minimum absolute atomic E-state index is 0.223. The van der Waals surface area contributed by atoms with E-state index in [1.807, 2.05) is 13.0 Å². The number of fused-ring (bicyclic) bond motifs is 1. The molecule has 0 saturated heterocycles. The van der Waals surface area contributed by atoms with Crippen LogP contribution in [0.25, 0.3) is 11.0 Å². The first kappa shape index (κ1) is 15.3. The van der Waals surface area contributed by atoms with E-state index in [1.165, 1.54) is 0 Å². The number of carbonyl (C=O) groups is 2. The maximum atomic E-state index is 12.3. The van der Waals surface area contributed by atoms with E-state index in [-0.39, 0.29) is 17.7 Å². The maximum absolute atomic E-state index is 12.3. The number of aldehydes is 1. The van der Waals surface area contributed by atoms with Crippen molar-refractivity contribution in [1.29, 1.82) is 0 Å². The van der Waals surface area contributed by atoms with Crippen LogP contribution in [-0.2, 0) is 0 Å². The Balaban J connectivity index is 1.80. The molecule has 0 bridgehead atoms. The molecule has 1 N–H and O–H groups in total. The van der Waals surface area contributed by atoms with Crippen LogP contribution >= 0.6 is 11.6 Å². The Labute approximate surface area is 138 Å². The molecular weight excluding hydrogens is 314 g/mol. The van der Waals surface area contributed by atoms with Crippen LogP contribution in [0.1, 0.15) is 39.4 Å². The van der Waals surface area contributed by atoms with E-state index in [9.17, 15) is 9.59 Å². The third kappa shape index (κ3) is 3.27. The predicted octanol–water partition coefficient (Wildman–Crippen LogP) is 4.39. The van der Waals surface area contributed by atoms with Gasteiger partial charge in [-0.15, -0.1) is 0 Å². The highest BCUT2D eigenvalue weighted by Gasteiger charge is 2.16. The summed E-state index contributed by atoms with van der Waals surface area (Å²) < 4.78 is 5.54. The maximum Gasteiger partial charge on any atom is 0.287 e. The van der Waals surface area contributed by atoms with Gasteiger partial charge in [-0.1, -0.05) is 29.8 Å². The molecule has 0 radical (unpaired) electrons. The molecule has 4 nitrogen and oxygen atoms in total. The molecule has 23 heavy (non-hydrogen) atoms. The minimum atomic E-state index is -0.318. The van der Waals surface area contributed by atoms with Crippen molar-refractivity contribution in [2.75, 3.05) is 0 Å². The van der Waals surface area contributed by atoms with Gasteiger partial charge in [-0.25, -0.2) is 0 Å². The second kappa shape index (κ2) is 6.26. The van der Waals surface area contributed by atoms with E-state index in [2.05, 4.69) is 5.32 Å². The van der Waals surface area contributed by atoms with Crippen LogP contribution in [0, 0.1) is 0 Å². The summed E-state index contributed by atoms with van der Waals surface area (Å²) in [6, 6.07) is 13.7. The highest BCUT2D eigenvalue weighted by molar-refractivity contribution is 6.31. The van der Waals surface area contributed by atoms with Crippen LogP contribution in [-0.4, -0.2) is 12.2 Å². The Morgan fingerprint density at radius 2 is 2.04 bits per heavy atom. The van der Waals surface area contributed by atoms with E-state index < -0.39 is 0 Å². The van der Waals surface area contributed by atoms with Gasteiger partial charge in [0.2, 0.25) is 0 Å². The van der Waals surface area contributed by atoms with Crippen molar-refractivity contribution in [1.82, 2.24) is 5.32 Å². The number of halogens is 1. The molecule has 0 fully saturated rings. The summed E-state index contributed by atoms with van der Waals surface area (Å²) >= 11 is 5.93. The van der Waals surface area contributed by atoms with Crippen molar-refractivity contribution < 1.29 is 14.0 Å². The molecule has 0 aliphatic carbocycles. The summed E-state index contributed by atoms with van der Waals surface area (Å²) in [5, 5.41) is 4.22. The Morgan fingerprint density at radius 1 is 1.22 bits per heavy atom. The molecule has 2 aromatic carbocycles. The third-order valence-electron chi connectivity index (χ3n) is 3.60. The average Bonchev–Trinajstić information content (AvgIpc) is 2.98. The number of amides is 1. The van der Waals surface area contributed by atoms with E-state index >= 15 is 0 Å². The molecule has 1 unspecified atom stereocenters. The Kier molecular flexibility index (Phi) is 4.17. The second-order valence-electron chi connectivity index (χ2n) is 5.28. The SMILES string of the molecule is CC(NC(=O)c1cc2cc(Cl)ccc2o1)c1cccc(C=O)c1. The molecular formula is C18H14ClNO3. The minimum Gasteiger partial charge on any atom is -0.451 e. The number of hydrogen-bond donors (Lipinski definition) is 1. The van der Waals surface area contributed by atoms with Crippen LogP contribution in [0.4, 0.5) is 0 Å².